The highest BCUT2D eigenvalue weighted by atomic mass is 19.1. The molecule has 4 heterocycles. The lowest BCUT2D eigenvalue weighted by molar-refractivity contribution is 0.122. The number of halogens is 1. The molecule has 3 aliphatic heterocycles. The Labute approximate surface area is 136 Å². The van der Waals surface area contributed by atoms with Gasteiger partial charge in [0, 0.05) is 38.1 Å². The van der Waals surface area contributed by atoms with Gasteiger partial charge >= 0.3 is 0 Å². The van der Waals surface area contributed by atoms with E-state index < -0.39 is 0 Å². The zero-order valence-corrected chi connectivity index (χ0v) is 13.4. The van der Waals surface area contributed by atoms with Crippen molar-refractivity contribution in [3.63, 3.8) is 0 Å². The average Bonchev–Trinajstić information content (AvgIpc) is 3.04. The second-order valence-corrected chi connectivity index (χ2v) is 6.89. The molecule has 0 aromatic carbocycles. The molecule has 4 rings (SSSR count). The Morgan fingerprint density at radius 1 is 1.17 bits per heavy atom. The van der Waals surface area contributed by atoms with Crippen molar-refractivity contribution in [3.05, 3.63) is 12.0 Å². The van der Waals surface area contributed by atoms with Gasteiger partial charge in [-0.2, -0.15) is 4.98 Å². The number of anilines is 2. The van der Waals surface area contributed by atoms with Crippen LogP contribution in [0.3, 0.4) is 0 Å². The topological polar surface area (TPSA) is 53.5 Å². The normalized spacial score (nSPS) is 28.6. The molecule has 1 spiro atoms. The van der Waals surface area contributed by atoms with E-state index in [1.165, 1.54) is 19.0 Å². The zero-order valence-electron chi connectivity index (χ0n) is 13.4. The molecule has 0 bridgehead atoms. The highest BCUT2D eigenvalue weighted by Crippen LogP contribution is 2.36. The molecule has 0 saturated carbocycles. The fourth-order valence-electron chi connectivity index (χ4n) is 4.02. The second kappa shape index (κ2) is 6.20. The SMILES string of the molecule is Fc1cnc(N2CCC[C@@]3(CCNC3)C2)nc1N1CCOCC1. The van der Waals surface area contributed by atoms with E-state index in [-0.39, 0.29) is 5.82 Å². The number of nitrogens with zero attached hydrogens (tertiary/aromatic N) is 4. The smallest absolute Gasteiger partial charge is 0.227 e. The third-order valence-corrected chi connectivity index (χ3v) is 5.30. The number of hydrogen-bond donors (Lipinski definition) is 1. The third-order valence-electron chi connectivity index (χ3n) is 5.30. The lowest BCUT2D eigenvalue weighted by atomic mass is 9.79. The molecular formula is C16H24FN5O. The number of hydrogen-bond acceptors (Lipinski definition) is 6. The maximum Gasteiger partial charge on any atom is 0.227 e. The molecule has 0 radical (unpaired) electrons. The van der Waals surface area contributed by atoms with Crippen molar-refractivity contribution in [1.82, 2.24) is 15.3 Å². The van der Waals surface area contributed by atoms with Crippen LogP contribution in [0.4, 0.5) is 16.2 Å². The fourth-order valence-corrected chi connectivity index (χ4v) is 4.02. The highest BCUT2D eigenvalue weighted by Gasteiger charge is 2.38. The summed E-state index contributed by atoms with van der Waals surface area (Å²) < 4.78 is 19.5. The van der Waals surface area contributed by atoms with Crippen LogP contribution in [0.25, 0.3) is 0 Å². The van der Waals surface area contributed by atoms with E-state index in [0.29, 0.717) is 43.5 Å². The summed E-state index contributed by atoms with van der Waals surface area (Å²) in [4.78, 5) is 13.0. The van der Waals surface area contributed by atoms with Crippen LogP contribution in [0.15, 0.2) is 6.20 Å². The van der Waals surface area contributed by atoms with Gasteiger partial charge in [0.2, 0.25) is 5.95 Å². The predicted molar refractivity (Wildman–Crippen MR) is 86.4 cm³/mol. The second-order valence-electron chi connectivity index (χ2n) is 6.89. The summed E-state index contributed by atoms with van der Waals surface area (Å²) in [5.41, 5.74) is 0.342. The molecule has 1 N–H and O–H groups in total. The van der Waals surface area contributed by atoms with E-state index in [0.717, 1.165) is 32.6 Å². The Bertz CT molecular complexity index is 557. The Kier molecular flexibility index (Phi) is 4.07. The van der Waals surface area contributed by atoms with E-state index >= 15 is 0 Å². The van der Waals surface area contributed by atoms with Gasteiger partial charge in [-0.1, -0.05) is 0 Å². The van der Waals surface area contributed by atoms with Crippen molar-refractivity contribution in [2.24, 2.45) is 5.41 Å². The van der Waals surface area contributed by atoms with Gasteiger partial charge in [0.05, 0.1) is 19.4 Å². The first-order valence-electron chi connectivity index (χ1n) is 8.57. The van der Waals surface area contributed by atoms with Crippen molar-refractivity contribution in [2.45, 2.75) is 19.3 Å². The largest absolute Gasteiger partial charge is 0.378 e. The van der Waals surface area contributed by atoms with Gasteiger partial charge in [0.25, 0.3) is 0 Å². The molecule has 0 amide bonds. The van der Waals surface area contributed by atoms with Crippen LogP contribution in [0.1, 0.15) is 19.3 Å². The van der Waals surface area contributed by atoms with Gasteiger partial charge in [-0.05, 0) is 25.8 Å². The van der Waals surface area contributed by atoms with Crippen LogP contribution in [0.2, 0.25) is 0 Å². The van der Waals surface area contributed by atoms with Crippen LogP contribution < -0.4 is 15.1 Å². The highest BCUT2D eigenvalue weighted by molar-refractivity contribution is 5.45. The molecular weight excluding hydrogens is 297 g/mol. The molecule has 0 aliphatic carbocycles. The number of rotatable bonds is 2. The van der Waals surface area contributed by atoms with E-state index in [1.54, 1.807) is 0 Å². The molecule has 1 aromatic heterocycles. The van der Waals surface area contributed by atoms with Crippen molar-refractivity contribution in [2.75, 3.05) is 62.3 Å². The summed E-state index contributed by atoms with van der Waals surface area (Å²) in [6.07, 6.45) is 4.94. The molecule has 7 heteroatoms. The minimum absolute atomic E-state index is 0.342. The van der Waals surface area contributed by atoms with Crippen molar-refractivity contribution in [3.8, 4) is 0 Å². The summed E-state index contributed by atoms with van der Waals surface area (Å²) in [7, 11) is 0. The van der Waals surface area contributed by atoms with Crippen LogP contribution in [0, 0.1) is 11.2 Å². The molecule has 23 heavy (non-hydrogen) atoms. The maximum atomic E-state index is 14.2. The lowest BCUT2D eigenvalue weighted by Crippen LogP contribution is -2.45. The molecule has 3 aliphatic rings. The molecule has 0 unspecified atom stereocenters. The minimum Gasteiger partial charge on any atom is -0.378 e. The summed E-state index contributed by atoms with van der Waals surface area (Å²) in [5, 5.41) is 3.48. The monoisotopic (exact) mass is 321 g/mol. The quantitative estimate of drug-likeness (QED) is 0.878. The van der Waals surface area contributed by atoms with Gasteiger partial charge in [0.1, 0.15) is 0 Å². The van der Waals surface area contributed by atoms with Gasteiger partial charge in [0.15, 0.2) is 11.6 Å². The third kappa shape index (κ3) is 2.99. The first kappa shape index (κ1) is 15.1. The Morgan fingerprint density at radius 3 is 2.83 bits per heavy atom. The van der Waals surface area contributed by atoms with E-state index in [9.17, 15) is 4.39 Å². The molecule has 6 nitrogen and oxygen atoms in total. The average molecular weight is 321 g/mol. The van der Waals surface area contributed by atoms with E-state index in [1.807, 2.05) is 4.90 Å². The zero-order chi connectivity index (χ0) is 15.7. The number of ether oxygens (including phenoxy) is 1. The van der Waals surface area contributed by atoms with Gasteiger partial charge < -0.3 is 19.9 Å². The first-order chi connectivity index (χ1) is 11.3. The molecule has 1 aromatic rings. The van der Waals surface area contributed by atoms with Gasteiger partial charge in [-0.25, -0.2) is 9.37 Å². The Balaban J connectivity index is 1.56. The minimum atomic E-state index is -0.343. The molecule has 3 fully saturated rings. The maximum absolute atomic E-state index is 14.2. The Hall–Kier alpha value is -1.47. The first-order valence-corrected chi connectivity index (χ1v) is 8.57. The van der Waals surface area contributed by atoms with Gasteiger partial charge in [-0.15, -0.1) is 0 Å². The van der Waals surface area contributed by atoms with Crippen LogP contribution in [-0.4, -0.2) is 62.5 Å². The number of morpholine rings is 1. The Morgan fingerprint density at radius 2 is 2.04 bits per heavy atom. The molecule has 3 saturated heterocycles. The van der Waals surface area contributed by atoms with Gasteiger partial charge in [-0.3, -0.25) is 0 Å². The van der Waals surface area contributed by atoms with E-state index in [2.05, 4.69) is 20.2 Å². The van der Waals surface area contributed by atoms with Crippen LogP contribution in [-0.2, 0) is 4.74 Å². The van der Waals surface area contributed by atoms with Crippen molar-refractivity contribution >= 4 is 11.8 Å². The number of nitrogens with one attached hydrogen (secondary N) is 1. The standard InChI is InChI=1S/C16H24FN5O/c17-13-10-19-15(20-14(13)21-6-8-23-9-7-21)22-5-1-2-16(12-22)3-4-18-11-16/h10,18H,1-9,11-12H2/t16-/m0/s1. The number of piperidine rings is 1. The number of aromatic nitrogens is 2. The molecule has 1 atom stereocenters. The summed E-state index contributed by atoms with van der Waals surface area (Å²) in [6.45, 7) is 6.69. The lowest BCUT2D eigenvalue weighted by Gasteiger charge is -2.40. The fraction of sp³-hybridized carbons (Fsp3) is 0.750. The summed E-state index contributed by atoms with van der Waals surface area (Å²) in [6, 6.07) is 0. The van der Waals surface area contributed by atoms with Crippen molar-refractivity contribution in [1.29, 1.82) is 0 Å². The van der Waals surface area contributed by atoms with Crippen molar-refractivity contribution < 1.29 is 9.13 Å². The van der Waals surface area contributed by atoms with Crippen LogP contribution >= 0.6 is 0 Å². The predicted octanol–water partition coefficient (Wildman–Crippen LogP) is 1.03. The van der Waals surface area contributed by atoms with Crippen LogP contribution in [0.5, 0.6) is 0 Å². The van der Waals surface area contributed by atoms with E-state index in [4.69, 9.17) is 4.74 Å². The summed E-state index contributed by atoms with van der Waals surface area (Å²) >= 11 is 0. The molecule has 126 valence electrons. The summed E-state index contributed by atoms with van der Waals surface area (Å²) in [5.74, 6) is 0.742.